The van der Waals surface area contributed by atoms with Gasteiger partial charge in [0.05, 0.1) is 23.2 Å². The Morgan fingerprint density at radius 1 is 1.38 bits per heavy atom. The molecule has 4 rings (SSSR count). The van der Waals surface area contributed by atoms with Crippen LogP contribution in [0.15, 0.2) is 35.7 Å². The summed E-state index contributed by atoms with van der Waals surface area (Å²) in [6, 6.07) is 9.56. The molecule has 1 aliphatic carbocycles. The van der Waals surface area contributed by atoms with Crippen molar-refractivity contribution >= 4 is 28.3 Å². The lowest BCUT2D eigenvalue weighted by Crippen LogP contribution is -2.41. The molecule has 2 heterocycles. The summed E-state index contributed by atoms with van der Waals surface area (Å²) in [6.45, 7) is 1.88. The summed E-state index contributed by atoms with van der Waals surface area (Å²) in [5.74, 6) is 0.955. The normalized spacial score (nSPS) is 21.4. The van der Waals surface area contributed by atoms with Crippen LogP contribution in [0.1, 0.15) is 39.9 Å². The van der Waals surface area contributed by atoms with Gasteiger partial charge in [-0.2, -0.15) is 0 Å². The highest BCUT2D eigenvalue weighted by Crippen LogP contribution is 2.39. The average molecular weight is 341 g/mol. The molecule has 1 aliphatic rings. The summed E-state index contributed by atoms with van der Waals surface area (Å²) in [6.07, 6.45) is 1.22. The number of thiophene rings is 1. The number of aliphatic hydroxyl groups is 1. The van der Waals surface area contributed by atoms with E-state index in [2.05, 4.69) is 15.3 Å². The first kappa shape index (κ1) is 15.4. The monoisotopic (exact) mass is 341 g/mol. The minimum Gasteiger partial charge on any atom is -0.393 e. The summed E-state index contributed by atoms with van der Waals surface area (Å²) in [5, 5.41) is 14.8. The van der Waals surface area contributed by atoms with E-state index >= 15 is 0 Å². The number of nitrogens with one attached hydrogen (secondary N) is 2. The van der Waals surface area contributed by atoms with E-state index in [9.17, 15) is 9.90 Å². The summed E-state index contributed by atoms with van der Waals surface area (Å²) in [7, 11) is 0. The number of para-hydroxylation sites is 1. The van der Waals surface area contributed by atoms with Gasteiger partial charge in [0.15, 0.2) is 0 Å². The van der Waals surface area contributed by atoms with Crippen LogP contribution in [0.5, 0.6) is 0 Å². The second kappa shape index (κ2) is 6.03. The van der Waals surface area contributed by atoms with Crippen molar-refractivity contribution in [2.45, 2.75) is 31.9 Å². The number of hydrogen-bond donors (Lipinski definition) is 3. The highest BCUT2D eigenvalue weighted by atomic mass is 32.1. The number of fused-ring (bicyclic) bond motifs is 1. The minimum absolute atomic E-state index is 0.0591. The van der Waals surface area contributed by atoms with Crippen LogP contribution in [0.2, 0.25) is 0 Å². The van der Waals surface area contributed by atoms with Gasteiger partial charge in [-0.3, -0.25) is 4.79 Å². The molecule has 5 nitrogen and oxygen atoms in total. The van der Waals surface area contributed by atoms with Gasteiger partial charge in [-0.25, -0.2) is 4.98 Å². The van der Waals surface area contributed by atoms with Crippen molar-refractivity contribution in [1.29, 1.82) is 0 Å². The average Bonchev–Trinajstić information content (AvgIpc) is 3.17. The molecule has 0 spiro atoms. The molecule has 6 heteroatoms. The van der Waals surface area contributed by atoms with Crippen LogP contribution in [0.3, 0.4) is 0 Å². The maximum atomic E-state index is 12.9. The molecule has 1 amide bonds. The van der Waals surface area contributed by atoms with Gasteiger partial charge in [0.25, 0.3) is 5.91 Å². The van der Waals surface area contributed by atoms with Crippen LogP contribution in [0.4, 0.5) is 0 Å². The molecule has 0 unspecified atom stereocenters. The molecule has 3 N–H and O–H groups in total. The Bertz CT molecular complexity index is 866. The fourth-order valence-corrected chi connectivity index (χ4v) is 4.22. The van der Waals surface area contributed by atoms with Crippen LogP contribution in [0, 0.1) is 12.8 Å². The van der Waals surface area contributed by atoms with Gasteiger partial charge in [0, 0.05) is 4.88 Å². The molecule has 0 aliphatic heterocycles. The van der Waals surface area contributed by atoms with E-state index in [0.717, 1.165) is 29.1 Å². The Morgan fingerprint density at radius 3 is 2.92 bits per heavy atom. The van der Waals surface area contributed by atoms with Crippen molar-refractivity contribution in [2.75, 3.05) is 0 Å². The van der Waals surface area contributed by atoms with Crippen molar-refractivity contribution in [3.8, 4) is 0 Å². The van der Waals surface area contributed by atoms with Gasteiger partial charge < -0.3 is 15.4 Å². The number of amides is 1. The van der Waals surface area contributed by atoms with Gasteiger partial charge in [0.2, 0.25) is 0 Å². The number of H-pyrrole nitrogens is 1. The number of benzene rings is 1. The molecule has 124 valence electrons. The summed E-state index contributed by atoms with van der Waals surface area (Å²) < 4.78 is 0. The van der Waals surface area contributed by atoms with Crippen LogP contribution < -0.4 is 5.32 Å². The molecule has 0 radical (unpaired) electrons. The number of nitrogens with zero attached hydrogens (tertiary/aromatic N) is 1. The van der Waals surface area contributed by atoms with Crippen molar-refractivity contribution in [2.24, 2.45) is 5.92 Å². The SMILES string of the molecule is Cc1nc2c(C(=O)N[C@H](c3cccs3)C3CC(O)C3)cccc2[nH]1. The molecule has 0 bridgehead atoms. The standard InChI is InChI=1S/C18H19N3O2S/c1-10-19-14-5-2-4-13(17(14)20-10)18(23)21-16(11-8-12(22)9-11)15-6-3-7-24-15/h2-7,11-12,16,22H,8-9H2,1H3,(H,19,20)(H,21,23)/t11?,12?,16-/m0/s1. The predicted octanol–water partition coefficient (Wildman–Crippen LogP) is 3.17. The van der Waals surface area contributed by atoms with E-state index in [0.29, 0.717) is 11.1 Å². The third-order valence-electron chi connectivity index (χ3n) is 4.63. The fraction of sp³-hybridized carbons (Fsp3) is 0.333. The highest BCUT2D eigenvalue weighted by Gasteiger charge is 2.36. The number of aromatic nitrogens is 2. The zero-order valence-corrected chi connectivity index (χ0v) is 14.1. The number of carbonyl (C=O) groups excluding carboxylic acids is 1. The van der Waals surface area contributed by atoms with E-state index in [1.54, 1.807) is 17.4 Å². The van der Waals surface area contributed by atoms with Gasteiger partial charge in [-0.05, 0) is 49.3 Å². The molecular weight excluding hydrogens is 322 g/mol. The van der Waals surface area contributed by atoms with E-state index in [1.807, 2.05) is 36.6 Å². The Balaban J connectivity index is 1.63. The number of carbonyl (C=O) groups is 1. The minimum atomic E-state index is -0.244. The Labute approximate surface area is 143 Å². The van der Waals surface area contributed by atoms with Gasteiger partial charge in [0.1, 0.15) is 11.3 Å². The second-order valence-corrected chi connectivity index (χ2v) is 7.36. The maximum absolute atomic E-state index is 12.9. The molecule has 2 aromatic heterocycles. The Morgan fingerprint density at radius 2 is 2.21 bits per heavy atom. The molecule has 1 aromatic carbocycles. The van der Waals surface area contributed by atoms with Gasteiger partial charge in [-0.15, -0.1) is 11.3 Å². The first-order chi connectivity index (χ1) is 11.6. The molecule has 24 heavy (non-hydrogen) atoms. The van der Waals surface area contributed by atoms with Crippen LogP contribution in [-0.2, 0) is 0 Å². The highest BCUT2D eigenvalue weighted by molar-refractivity contribution is 7.10. The largest absolute Gasteiger partial charge is 0.393 e. The predicted molar refractivity (Wildman–Crippen MR) is 94.1 cm³/mol. The zero-order chi connectivity index (χ0) is 16.7. The van der Waals surface area contributed by atoms with Crippen molar-refractivity contribution in [3.63, 3.8) is 0 Å². The first-order valence-corrected chi connectivity index (χ1v) is 8.97. The number of aliphatic hydroxyl groups excluding tert-OH is 1. The third kappa shape index (κ3) is 2.72. The molecule has 3 aromatic rings. The number of imidazole rings is 1. The molecule has 1 fully saturated rings. The number of rotatable bonds is 4. The molecular formula is C18H19N3O2S. The van der Waals surface area contributed by atoms with E-state index < -0.39 is 0 Å². The lowest BCUT2D eigenvalue weighted by atomic mass is 9.76. The molecule has 1 atom stereocenters. The third-order valence-corrected chi connectivity index (χ3v) is 5.59. The van der Waals surface area contributed by atoms with Gasteiger partial charge >= 0.3 is 0 Å². The number of aromatic amines is 1. The fourth-order valence-electron chi connectivity index (χ4n) is 3.35. The zero-order valence-electron chi connectivity index (χ0n) is 13.3. The van der Waals surface area contributed by atoms with Crippen LogP contribution in [0.25, 0.3) is 11.0 Å². The molecule has 0 saturated heterocycles. The number of hydrogen-bond acceptors (Lipinski definition) is 4. The second-order valence-electron chi connectivity index (χ2n) is 6.38. The van der Waals surface area contributed by atoms with E-state index in [-0.39, 0.29) is 24.0 Å². The molecule has 1 saturated carbocycles. The van der Waals surface area contributed by atoms with Crippen molar-refractivity contribution < 1.29 is 9.90 Å². The first-order valence-electron chi connectivity index (χ1n) is 8.09. The summed E-state index contributed by atoms with van der Waals surface area (Å²) in [5.41, 5.74) is 2.15. The lowest BCUT2D eigenvalue weighted by Gasteiger charge is -2.37. The Hall–Kier alpha value is -2.18. The van der Waals surface area contributed by atoms with Crippen molar-refractivity contribution in [3.05, 3.63) is 52.0 Å². The van der Waals surface area contributed by atoms with Crippen LogP contribution in [-0.4, -0.2) is 27.1 Å². The van der Waals surface area contributed by atoms with E-state index in [1.165, 1.54) is 0 Å². The van der Waals surface area contributed by atoms with Gasteiger partial charge in [-0.1, -0.05) is 12.1 Å². The van der Waals surface area contributed by atoms with Crippen molar-refractivity contribution in [1.82, 2.24) is 15.3 Å². The van der Waals surface area contributed by atoms with E-state index in [4.69, 9.17) is 0 Å². The topological polar surface area (TPSA) is 78.0 Å². The quantitative estimate of drug-likeness (QED) is 0.682. The lowest BCUT2D eigenvalue weighted by molar-refractivity contribution is 0.0241. The summed E-state index contributed by atoms with van der Waals surface area (Å²) in [4.78, 5) is 21.6. The summed E-state index contributed by atoms with van der Waals surface area (Å²) >= 11 is 1.64. The smallest absolute Gasteiger partial charge is 0.254 e. The maximum Gasteiger partial charge on any atom is 0.254 e. The Kier molecular flexibility index (Phi) is 3.86. The number of aryl methyl sites for hydroxylation is 1. The van der Waals surface area contributed by atoms with Crippen LogP contribution >= 0.6 is 11.3 Å².